The molecule has 0 aromatic carbocycles. The van der Waals surface area contributed by atoms with Crippen molar-refractivity contribution in [3.8, 4) is 0 Å². The first-order chi connectivity index (χ1) is 7.70. The summed E-state index contributed by atoms with van der Waals surface area (Å²) in [5.41, 5.74) is 0.640. The van der Waals surface area contributed by atoms with Gasteiger partial charge in [0, 0.05) is 37.4 Å². The van der Waals surface area contributed by atoms with Crippen LogP contribution in [-0.4, -0.2) is 35.6 Å². The molecule has 1 aromatic heterocycles. The minimum Gasteiger partial charge on any atom is -0.396 e. The van der Waals surface area contributed by atoms with Crippen LogP contribution in [0.3, 0.4) is 0 Å². The number of anilines is 1. The van der Waals surface area contributed by atoms with Crippen LogP contribution in [0.25, 0.3) is 0 Å². The molecule has 0 amide bonds. The molecular weight excluding hydrogens is 204 g/mol. The first kappa shape index (κ1) is 11.1. The quantitative estimate of drug-likeness (QED) is 0.775. The van der Waals surface area contributed by atoms with Crippen LogP contribution in [0.4, 0.5) is 5.82 Å². The second-order valence-electron chi connectivity index (χ2n) is 4.24. The number of aromatic nitrogens is 1. The number of nitrogens with zero attached hydrogens (tertiary/aromatic N) is 2. The Hall–Kier alpha value is -1.42. The Morgan fingerprint density at radius 3 is 2.94 bits per heavy atom. The van der Waals surface area contributed by atoms with Gasteiger partial charge in [-0.3, -0.25) is 4.79 Å². The maximum Gasteiger partial charge on any atom is 0.161 e. The number of hydrogen-bond donors (Lipinski definition) is 1. The molecule has 0 spiro atoms. The summed E-state index contributed by atoms with van der Waals surface area (Å²) in [6.07, 6.45) is 2.62. The van der Waals surface area contributed by atoms with E-state index >= 15 is 0 Å². The first-order valence-electron chi connectivity index (χ1n) is 5.53. The molecule has 16 heavy (non-hydrogen) atoms. The van der Waals surface area contributed by atoms with Gasteiger partial charge in [0.1, 0.15) is 5.82 Å². The number of rotatable bonds is 3. The zero-order valence-electron chi connectivity index (χ0n) is 9.39. The van der Waals surface area contributed by atoms with Gasteiger partial charge in [0.15, 0.2) is 5.78 Å². The lowest BCUT2D eigenvalue weighted by atomic mass is 10.1. The highest BCUT2D eigenvalue weighted by molar-refractivity contribution is 5.93. The van der Waals surface area contributed by atoms with Crippen LogP contribution in [-0.2, 0) is 0 Å². The van der Waals surface area contributed by atoms with Gasteiger partial charge >= 0.3 is 0 Å². The molecule has 0 bridgehead atoms. The number of hydrogen-bond acceptors (Lipinski definition) is 4. The van der Waals surface area contributed by atoms with Crippen molar-refractivity contribution < 1.29 is 9.90 Å². The van der Waals surface area contributed by atoms with Crippen molar-refractivity contribution in [1.29, 1.82) is 0 Å². The number of ketones is 1. The largest absolute Gasteiger partial charge is 0.396 e. The smallest absolute Gasteiger partial charge is 0.161 e. The van der Waals surface area contributed by atoms with Gasteiger partial charge in [-0.1, -0.05) is 0 Å². The molecule has 4 nitrogen and oxygen atoms in total. The Morgan fingerprint density at radius 2 is 2.44 bits per heavy atom. The standard InChI is InChI=1S/C12H16N2O2/c1-9(16)11-2-3-12(13-6-11)14-5-4-10(7-14)8-15/h2-3,6,10,15H,4-5,7-8H2,1H3. The molecule has 0 radical (unpaired) electrons. The first-order valence-corrected chi connectivity index (χ1v) is 5.53. The lowest BCUT2D eigenvalue weighted by Crippen LogP contribution is -2.21. The van der Waals surface area contributed by atoms with Crippen molar-refractivity contribution in [1.82, 2.24) is 4.98 Å². The molecule has 1 unspecified atom stereocenters. The van der Waals surface area contributed by atoms with Crippen molar-refractivity contribution in [2.45, 2.75) is 13.3 Å². The third-order valence-corrected chi connectivity index (χ3v) is 3.02. The topological polar surface area (TPSA) is 53.4 Å². The van der Waals surface area contributed by atoms with E-state index in [1.54, 1.807) is 12.3 Å². The van der Waals surface area contributed by atoms with E-state index in [1.165, 1.54) is 6.92 Å². The van der Waals surface area contributed by atoms with Gasteiger partial charge in [-0.2, -0.15) is 0 Å². The normalized spacial score (nSPS) is 20.1. The van der Waals surface area contributed by atoms with Gasteiger partial charge in [-0.05, 0) is 25.5 Å². The van der Waals surface area contributed by atoms with E-state index in [9.17, 15) is 4.79 Å². The van der Waals surface area contributed by atoms with E-state index in [0.29, 0.717) is 11.5 Å². The van der Waals surface area contributed by atoms with Crippen molar-refractivity contribution in [2.24, 2.45) is 5.92 Å². The van der Waals surface area contributed by atoms with Crippen molar-refractivity contribution in [3.05, 3.63) is 23.9 Å². The van der Waals surface area contributed by atoms with Crippen LogP contribution in [0.5, 0.6) is 0 Å². The molecule has 4 heteroatoms. The fourth-order valence-electron chi connectivity index (χ4n) is 1.97. The minimum absolute atomic E-state index is 0.0358. The number of aliphatic hydroxyl groups excluding tert-OH is 1. The number of carbonyl (C=O) groups is 1. The number of aliphatic hydroxyl groups is 1. The van der Waals surface area contributed by atoms with Gasteiger partial charge < -0.3 is 10.0 Å². The summed E-state index contributed by atoms with van der Waals surface area (Å²) >= 11 is 0. The van der Waals surface area contributed by atoms with E-state index in [4.69, 9.17) is 5.11 Å². The fourth-order valence-corrected chi connectivity index (χ4v) is 1.97. The molecule has 1 aliphatic rings. The van der Waals surface area contributed by atoms with Gasteiger partial charge in [0.25, 0.3) is 0 Å². The molecule has 2 heterocycles. The van der Waals surface area contributed by atoms with Gasteiger partial charge in [-0.15, -0.1) is 0 Å². The van der Waals surface area contributed by atoms with Crippen LogP contribution >= 0.6 is 0 Å². The Kier molecular flexibility index (Phi) is 3.19. The van der Waals surface area contributed by atoms with E-state index in [2.05, 4.69) is 9.88 Å². The molecule has 0 aliphatic carbocycles. The van der Waals surface area contributed by atoms with Gasteiger partial charge in [0.2, 0.25) is 0 Å². The molecule has 0 saturated carbocycles. The zero-order valence-corrected chi connectivity index (χ0v) is 9.39. The Labute approximate surface area is 94.9 Å². The van der Waals surface area contributed by atoms with Crippen LogP contribution in [0.1, 0.15) is 23.7 Å². The van der Waals surface area contributed by atoms with Crippen molar-refractivity contribution in [2.75, 3.05) is 24.6 Å². The number of carbonyl (C=O) groups excluding carboxylic acids is 1. The Balaban J connectivity index is 2.08. The predicted octanol–water partition coefficient (Wildman–Crippen LogP) is 1.10. The average Bonchev–Trinajstić information content (AvgIpc) is 2.77. The second-order valence-corrected chi connectivity index (χ2v) is 4.24. The summed E-state index contributed by atoms with van der Waals surface area (Å²) in [6, 6.07) is 3.67. The average molecular weight is 220 g/mol. The Morgan fingerprint density at radius 1 is 1.62 bits per heavy atom. The van der Waals surface area contributed by atoms with Crippen LogP contribution in [0.2, 0.25) is 0 Å². The van der Waals surface area contributed by atoms with Crippen molar-refractivity contribution in [3.63, 3.8) is 0 Å². The molecule has 1 atom stereocenters. The summed E-state index contributed by atoms with van der Waals surface area (Å²) in [5.74, 6) is 1.28. The van der Waals surface area contributed by atoms with Crippen molar-refractivity contribution >= 4 is 11.6 Å². The highest BCUT2D eigenvalue weighted by Gasteiger charge is 2.22. The van der Waals surface area contributed by atoms with Gasteiger partial charge in [0.05, 0.1) is 0 Å². The van der Waals surface area contributed by atoms with Gasteiger partial charge in [-0.25, -0.2) is 4.98 Å². The molecule has 1 aliphatic heterocycles. The molecule has 1 N–H and O–H groups in total. The van der Waals surface area contributed by atoms with E-state index in [1.807, 2.05) is 6.07 Å². The lowest BCUT2D eigenvalue weighted by Gasteiger charge is -2.16. The third-order valence-electron chi connectivity index (χ3n) is 3.02. The van der Waals surface area contributed by atoms with E-state index in [-0.39, 0.29) is 12.4 Å². The zero-order chi connectivity index (χ0) is 11.5. The summed E-state index contributed by atoms with van der Waals surface area (Å²) < 4.78 is 0. The van der Waals surface area contributed by atoms with E-state index in [0.717, 1.165) is 25.3 Å². The van der Waals surface area contributed by atoms with Crippen LogP contribution < -0.4 is 4.90 Å². The molecule has 1 saturated heterocycles. The van der Waals surface area contributed by atoms with Crippen LogP contribution in [0, 0.1) is 5.92 Å². The predicted molar refractivity (Wildman–Crippen MR) is 61.6 cm³/mol. The summed E-state index contributed by atoms with van der Waals surface area (Å²) in [7, 11) is 0. The Bertz CT molecular complexity index is 375. The highest BCUT2D eigenvalue weighted by atomic mass is 16.3. The molecular formula is C12H16N2O2. The fraction of sp³-hybridized carbons (Fsp3) is 0.500. The molecule has 86 valence electrons. The molecule has 2 rings (SSSR count). The van der Waals surface area contributed by atoms with E-state index < -0.39 is 0 Å². The third kappa shape index (κ3) is 2.22. The molecule has 1 aromatic rings. The summed E-state index contributed by atoms with van der Waals surface area (Å²) in [4.78, 5) is 17.5. The number of Topliss-reactive ketones (excluding diaryl/α,β-unsaturated/α-hetero) is 1. The minimum atomic E-state index is 0.0358. The molecule has 1 fully saturated rings. The maximum atomic E-state index is 11.1. The SMILES string of the molecule is CC(=O)c1ccc(N2CCC(CO)C2)nc1. The monoisotopic (exact) mass is 220 g/mol. The lowest BCUT2D eigenvalue weighted by molar-refractivity contribution is 0.101. The summed E-state index contributed by atoms with van der Waals surface area (Å²) in [6.45, 7) is 3.55. The number of pyridine rings is 1. The summed E-state index contributed by atoms with van der Waals surface area (Å²) in [5, 5.41) is 9.06. The van der Waals surface area contributed by atoms with Crippen LogP contribution in [0.15, 0.2) is 18.3 Å². The highest BCUT2D eigenvalue weighted by Crippen LogP contribution is 2.21. The maximum absolute atomic E-state index is 11.1. The second kappa shape index (κ2) is 4.61.